The fourth-order valence-corrected chi connectivity index (χ4v) is 11.6. The normalized spacial score (nSPS) is 26.1. The second-order valence-electron chi connectivity index (χ2n) is 18.5. The highest BCUT2D eigenvalue weighted by atomic mass is 35.5. The first kappa shape index (κ1) is 40.0. The van der Waals surface area contributed by atoms with Crippen molar-refractivity contribution in [2.75, 3.05) is 55.6 Å². The van der Waals surface area contributed by atoms with Crippen molar-refractivity contribution in [1.82, 2.24) is 20.0 Å². The molecule has 2 unspecified atom stereocenters. The molecule has 6 aliphatic rings. The first-order chi connectivity index (χ1) is 28.6. The summed E-state index contributed by atoms with van der Waals surface area (Å²) in [4.78, 5) is 75.1. The number of piperidine rings is 2. The summed E-state index contributed by atoms with van der Waals surface area (Å²) in [7, 11) is 0. The van der Waals surface area contributed by atoms with E-state index in [0.717, 1.165) is 86.1 Å². The Morgan fingerprint density at radius 2 is 1.50 bits per heavy atom. The Hall–Kier alpha value is -5.45. The molecule has 3 aromatic carbocycles. The molecule has 14 heteroatoms. The molecule has 1 aliphatic carbocycles. The Morgan fingerprint density at radius 3 is 2.20 bits per heavy atom. The number of nitrogens with one attached hydrogen (secondary N) is 1. The van der Waals surface area contributed by atoms with Crippen LogP contribution < -0.4 is 19.9 Å². The van der Waals surface area contributed by atoms with Gasteiger partial charge in [0.2, 0.25) is 11.8 Å². The Bertz CT molecular complexity index is 2350. The van der Waals surface area contributed by atoms with E-state index in [0.29, 0.717) is 39.9 Å². The average Bonchev–Trinajstić information content (AvgIpc) is 3.67. The molecule has 5 aliphatic heterocycles. The fraction of sp³-hybridized carbons (Fsp3) is 0.478. The third kappa shape index (κ3) is 6.68. The van der Waals surface area contributed by atoms with Crippen LogP contribution in [0.3, 0.4) is 0 Å². The third-order valence-electron chi connectivity index (χ3n) is 13.9. The van der Waals surface area contributed by atoms with Crippen molar-refractivity contribution in [1.29, 1.82) is 5.26 Å². The number of nitrogens with zero attached hydrogens (tertiary/aromatic N) is 6. The summed E-state index contributed by atoms with van der Waals surface area (Å²) in [5, 5.41) is 11.9. The van der Waals surface area contributed by atoms with Gasteiger partial charge < -0.3 is 19.4 Å². The number of benzene rings is 3. The number of carbonyl (C=O) groups excluding carboxylic acids is 5. The van der Waals surface area contributed by atoms with Crippen molar-refractivity contribution in [2.24, 2.45) is 16.7 Å². The van der Waals surface area contributed by atoms with Crippen LogP contribution >= 0.6 is 11.6 Å². The SMILES string of the molecule is CC1(C)C(Oc2ccc(C#N)c(Cl)c2)C(C)(C)C1N1Cc2cc(N3CCN(CC4CCCN(c5ccc6c(c5)C(=O)N(C5CCC(=O)NC5=O)C6=O)C4)CC3)ccc2C1=O. The molecule has 4 fully saturated rings. The number of rotatable bonds is 8. The minimum absolute atomic E-state index is 0.0452. The van der Waals surface area contributed by atoms with Gasteiger partial charge in [-0.05, 0) is 79.3 Å². The highest BCUT2D eigenvalue weighted by Gasteiger charge is 2.67. The van der Waals surface area contributed by atoms with E-state index < -0.39 is 29.7 Å². The smallest absolute Gasteiger partial charge is 0.262 e. The van der Waals surface area contributed by atoms with E-state index >= 15 is 0 Å². The number of anilines is 2. The van der Waals surface area contributed by atoms with Gasteiger partial charge in [-0.15, -0.1) is 0 Å². The average molecular weight is 832 g/mol. The van der Waals surface area contributed by atoms with Crippen molar-refractivity contribution < 1.29 is 28.7 Å². The molecule has 60 heavy (non-hydrogen) atoms. The van der Waals surface area contributed by atoms with Crippen LogP contribution in [0.2, 0.25) is 5.02 Å². The van der Waals surface area contributed by atoms with Gasteiger partial charge in [-0.1, -0.05) is 39.3 Å². The van der Waals surface area contributed by atoms with Crippen LogP contribution in [0.5, 0.6) is 5.75 Å². The van der Waals surface area contributed by atoms with E-state index in [1.165, 1.54) is 0 Å². The number of ether oxygens (including phenoxy) is 1. The Morgan fingerprint density at radius 1 is 0.800 bits per heavy atom. The number of hydrogen-bond donors (Lipinski definition) is 1. The first-order valence-electron chi connectivity index (χ1n) is 21.0. The maximum absolute atomic E-state index is 14.0. The number of imide groups is 2. The Kier molecular flexibility index (Phi) is 9.94. The predicted molar refractivity (Wildman–Crippen MR) is 225 cm³/mol. The van der Waals surface area contributed by atoms with Gasteiger partial charge in [-0.25, -0.2) is 0 Å². The quantitative estimate of drug-likeness (QED) is 0.290. The van der Waals surface area contributed by atoms with Gasteiger partial charge in [0.1, 0.15) is 24.0 Å². The number of nitriles is 1. The van der Waals surface area contributed by atoms with E-state index in [9.17, 15) is 29.2 Å². The van der Waals surface area contributed by atoms with E-state index in [1.807, 2.05) is 17.0 Å². The summed E-state index contributed by atoms with van der Waals surface area (Å²) >= 11 is 6.31. The van der Waals surface area contributed by atoms with E-state index in [-0.39, 0.29) is 41.7 Å². The maximum Gasteiger partial charge on any atom is 0.262 e. The molecule has 312 valence electrons. The molecule has 1 saturated carbocycles. The van der Waals surface area contributed by atoms with E-state index in [1.54, 1.807) is 30.3 Å². The van der Waals surface area contributed by atoms with Crippen molar-refractivity contribution >= 4 is 52.5 Å². The second kappa shape index (κ2) is 14.9. The van der Waals surface area contributed by atoms with Crippen molar-refractivity contribution in [2.45, 2.75) is 78.1 Å². The molecule has 0 aromatic heterocycles. The molecule has 0 radical (unpaired) electrons. The van der Waals surface area contributed by atoms with E-state index in [2.05, 4.69) is 65.9 Å². The molecular formula is C46H50ClN7O6. The summed E-state index contributed by atoms with van der Waals surface area (Å²) in [5.74, 6) is -0.857. The number of amides is 5. The summed E-state index contributed by atoms with van der Waals surface area (Å²) in [6.45, 7) is 15.5. The summed E-state index contributed by atoms with van der Waals surface area (Å²) in [6.07, 6.45) is 2.19. The van der Waals surface area contributed by atoms with E-state index in [4.69, 9.17) is 16.3 Å². The second-order valence-corrected chi connectivity index (χ2v) is 18.9. The van der Waals surface area contributed by atoms with Crippen LogP contribution in [-0.2, 0) is 16.1 Å². The largest absolute Gasteiger partial charge is 0.489 e. The Balaban J connectivity index is 0.795. The summed E-state index contributed by atoms with van der Waals surface area (Å²) in [6, 6.07) is 17.9. The van der Waals surface area contributed by atoms with Crippen molar-refractivity contribution in [3.8, 4) is 11.8 Å². The van der Waals surface area contributed by atoms with Gasteiger partial charge in [-0.3, -0.25) is 39.1 Å². The number of carbonyl (C=O) groups is 5. The highest BCUT2D eigenvalue weighted by molar-refractivity contribution is 6.31. The highest BCUT2D eigenvalue weighted by Crippen LogP contribution is 2.59. The van der Waals surface area contributed by atoms with Gasteiger partial charge in [-0.2, -0.15) is 5.26 Å². The number of fused-ring (bicyclic) bond motifs is 2. The Labute approximate surface area is 355 Å². The third-order valence-corrected chi connectivity index (χ3v) is 14.2. The summed E-state index contributed by atoms with van der Waals surface area (Å²) < 4.78 is 6.51. The molecule has 3 saturated heterocycles. The molecular weight excluding hydrogens is 782 g/mol. The minimum Gasteiger partial charge on any atom is -0.489 e. The van der Waals surface area contributed by atoms with Crippen molar-refractivity contribution in [3.05, 3.63) is 87.4 Å². The van der Waals surface area contributed by atoms with Gasteiger partial charge in [0.25, 0.3) is 17.7 Å². The molecule has 5 amide bonds. The topological polar surface area (TPSA) is 147 Å². The monoisotopic (exact) mass is 831 g/mol. The predicted octanol–water partition coefficient (Wildman–Crippen LogP) is 5.49. The lowest BCUT2D eigenvalue weighted by Crippen LogP contribution is -2.74. The maximum atomic E-state index is 14.0. The first-order valence-corrected chi connectivity index (χ1v) is 21.4. The molecule has 13 nitrogen and oxygen atoms in total. The number of piperazine rings is 1. The molecule has 5 heterocycles. The number of halogens is 1. The van der Waals surface area contributed by atoms with Crippen molar-refractivity contribution in [3.63, 3.8) is 0 Å². The lowest BCUT2D eigenvalue weighted by Gasteiger charge is -2.65. The zero-order valence-corrected chi connectivity index (χ0v) is 35.3. The molecule has 3 aromatic rings. The molecule has 0 bridgehead atoms. The van der Waals surface area contributed by atoms with Crippen LogP contribution in [0.15, 0.2) is 54.6 Å². The lowest BCUT2D eigenvalue weighted by molar-refractivity contribution is -0.199. The van der Waals surface area contributed by atoms with Gasteiger partial charge in [0.15, 0.2) is 0 Å². The molecule has 0 spiro atoms. The van der Waals surface area contributed by atoms with Gasteiger partial charge in [0, 0.05) is 98.7 Å². The van der Waals surface area contributed by atoms with Crippen LogP contribution in [0, 0.1) is 28.1 Å². The van der Waals surface area contributed by atoms with Gasteiger partial charge in [0.05, 0.1) is 21.7 Å². The van der Waals surface area contributed by atoms with Crippen LogP contribution in [-0.4, -0.2) is 108 Å². The fourth-order valence-electron chi connectivity index (χ4n) is 11.4. The molecule has 1 N–H and O–H groups in total. The standard InChI is InChI=1S/C46H50ClN7O6/c1-45(2)43(46(3,4)44(45)60-32-10-7-28(23-48)36(47)22-32)53-26-29-20-30(8-11-33(29)40(53)57)51-18-16-50(17-19-51)24-27-6-5-15-52(25-27)31-9-12-34-35(21-31)42(59)54(41(34)58)37-13-14-38(55)49-39(37)56/h7-12,20-22,27,37,43-44H,5-6,13-19,24-26H2,1-4H3,(H,49,55,56). The van der Waals surface area contributed by atoms with Crippen LogP contribution in [0.1, 0.15) is 95.6 Å². The zero-order valence-electron chi connectivity index (χ0n) is 34.5. The lowest BCUT2D eigenvalue weighted by atomic mass is 9.49. The number of hydrogen-bond acceptors (Lipinski definition) is 10. The van der Waals surface area contributed by atoms with Gasteiger partial charge >= 0.3 is 0 Å². The molecule has 2 atom stereocenters. The molecule has 9 rings (SSSR count). The summed E-state index contributed by atoms with van der Waals surface area (Å²) in [5.41, 5.74) is 4.19. The van der Waals surface area contributed by atoms with Crippen LogP contribution in [0.4, 0.5) is 11.4 Å². The van der Waals surface area contributed by atoms with Crippen LogP contribution in [0.25, 0.3) is 0 Å². The minimum atomic E-state index is -0.980. The zero-order chi connectivity index (χ0) is 42.2.